The van der Waals surface area contributed by atoms with Crippen LogP contribution in [-0.4, -0.2) is 100 Å². The standard InChI is InChI=1S/C46H58ClN5O7S/c1-30-6-4-8-41(53)38-12-9-34(38)23-52-28-46(15-5-7-32-20-36(47)11-13-39(32)46)29-58-42-14-10-33(22-40(42)52)43(54)48-60(56,31(30)2)49-44(55)35-21-37-25-59-45(3,27-51(37)24-35)26-50-16-18-57-19-17-50/h4,8,10-11,13-14,20-22,24,30-31,34,38,41,53H,5-7,9,12,15-19,23,25-29H2,1-3H3,(H,48,49,54,55,56)/b8-4+. The van der Waals surface area contributed by atoms with Gasteiger partial charge < -0.3 is 28.8 Å². The maximum absolute atomic E-state index is 15.2. The molecule has 14 heteroatoms. The molecule has 2 bridgehead atoms. The SMILES string of the molecule is CC1C/C=C/C(O)C2CCC2CN2CC3(CCCc4cc(Cl)ccc43)COc3ccc(cc32)C(=O)N=S(=O)(NC(=O)c2cc3n(c2)CC(C)(CN2CCOCC2)OC3)C1C. The van der Waals surface area contributed by atoms with Gasteiger partial charge in [0, 0.05) is 60.6 Å². The van der Waals surface area contributed by atoms with E-state index in [2.05, 4.69) is 37.9 Å². The quantitative estimate of drug-likeness (QED) is 0.280. The van der Waals surface area contributed by atoms with Crippen LogP contribution in [-0.2, 0) is 44.4 Å². The smallest absolute Gasteiger partial charge is 0.286 e. The predicted octanol–water partition coefficient (Wildman–Crippen LogP) is 6.56. The average Bonchev–Trinajstić information content (AvgIpc) is 3.57. The number of rotatable bonds is 4. The summed E-state index contributed by atoms with van der Waals surface area (Å²) >= 11 is 6.48. The molecule has 322 valence electrons. The van der Waals surface area contributed by atoms with Gasteiger partial charge in [0.1, 0.15) is 15.7 Å². The lowest BCUT2D eigenvalue weighted by molar-refractivity contribution is -0.103. The summed E-state index contributed by atoms with van der Waals surface area (Å²) < 4.78 is 43.0. The Hall–Kier alpha value is -3.72. The number of carbonyl (C=O) groups excluding carboxylic acids is 2. The zero-order chi connectivity index (χ0) is 41.8. The van der Waals surface area contributed by atoms with Crippen molar-refractivity contribution < 1.29 is 33.1 Å². The van der Waals surface area contributed by atoms with Gasteiger partial charge in [-0.2, -0.15) is 0 Å². The van der Waals surface area contributed by atoms with Crippen molar-refractivity contribution in [1.29, 1.82) is 0 Å². The molecule has 1 aromatic heterocycles. The summed E-state index contributed by atoms with van der Waals surface area (Å²) in [5, 5.41) is 11.5. The number of allylic oxidation sites excluding steroid dienone is 1. The lowest BCUT2D eigenvalue weighted by Crippen LogP contribution is -2.50. The van der Waals surface area contributed by atoms with E-state index in [0.29, 0.717) is 63.8 Å². The van der Waals surface area contributed by atoms with Crippen LogP contribution in [0.25, 0.3) is 0 Å². The average molecular weight is 861 g/mol. The van der Waals surface area contributed by atoms with E-state index >= 15 is 4.21 Å². The number of nitrogens with one attached hydrogen (secondary N) is 1. The Morgan fingerprint density at radius 1 is 1.10 bits per heavy atom. The monoisotopic (exact) mass is 859 g/mol. The van der Waals surface area contributed by atoms with Gasteiger partial charge in [0.2, 0.25) is 0 Å². The highest BCUT2D eigenvalue weighted by atomic mass is 35.5. The second-order valence-corrected chi connectivity index (χ2v) is 21.2. The van der Waals surface area contributed by atoms with E-state index in [9.17, 15) is 14.7 Å². The lowest BCUT2D eigenvalue weighted by Gasteiger charge is -2.45. The van der Waals surface area contributed by atoms with Crippen LogP contribution in [0.1, 0.15) is 90.4 Å². The first kappa shape index (κ1) is 41.6. The van der Waals surface area contributed by atoms with Gasteiger partial charge in [-0.1, -0.05) is 36.7 Å². The molecular formula is C46H58ClN5O7S. The third kappa shape index (κ3) is 8.18. The third-order valence-corrected chi connectivity index (χ3v) is 16.9. The molecule has 4 aliphatic heterocycles. The second kappa shape index (κ2) is 16.5. The van der Waals surface area contributed by atoms with E-state index in [-0.39, 0.29) is 28.7 Å². The van der Waals surface area contributed by atoms with Gasteiger partial charge in [0.25, 0.3) is 11.8 Å². The molecular weight excluding hydrogens is 802 g/mol. The van der Waals surface area contributed by atoms with Crippen molar-refractivity contribution in [3.63, 3.8) is 0 Å². The van der Waals surface area contributed by atoms with Gasteiger partial charge in [-0.25, -0.2) is 4.21 Å². The Bertz CT molecular complexity index is 2300. The molecule has 3 aromatic rings. The fourth-order valence-corrected chi connectivity index (χ4v) is 12.4. The van der Waals surface area contributed by atoms with Gasteiger partial charge in [-0.3, -0.25) is 19.2 Å². The van der Waals surface area contributed by atoms with Crippen LogP contribution < -0.4 is 14.4 Å². The Morgan fingerprint density at radius 2 is 1.93 bits per heavy atom. The van der Waals surface area contributed by atoms with Crippen molar-refractivity contribution in [3.8, 4) is 5.75 Å². The van der Waals surface area contributed by atoms with Crippen LogP contribution in [0.5, 0.6) is 5.75 Å². The number of aromatic nitrogens is 1. The second-order valence-electron chi connectivity index (χ2n) is 18.5. The number of hydrogen-bond donors (Lipinski definition) is 2. The van der Waals surface area contributed by atoms with Crippen molar-refractivity contribution in [1.82, 2.24) is 14.2 Å². The molecule has 6 aliphatic rings. The van der Waals surface area contributed by atoms with Crippen LogP contribution in [0.15, 0.2) is 65.2 Å². The van der Waals surface area contributed by atoms with Gasteiger partial charge in [-0.05, 0) is 118 Å². The minimum absolute atomic E-state index is 0.0853. The van der Waals surface area contributed by atoms with Gasteiger partial charge in [0.15, 0.2) is 0 Å². The highest BCUT2D eigenvalue weighted by Gasteiger charge is 2.44. The third-order valence-electron chi connectivity index (χ3n) is 14.2. The molecule has 1 spiro atoms. The largest absolute Gasteiger partial charge is 0.490 e. The fraction of sp³-hybridized carbons (Fsp3) is 0.565. The van der Waals surface area contributed by atoms with Crippen molar-refractivity contribution in [2.24, 2.45) is 22.1 Å². The topological polar surface area (TPSA) is 135 Å². The summed E-state index contributed by atoms with van der Waals surface area (Å²) in [7, 11) is -3.69. The minimum Gasteiger partial charge on any atom is -0.490 e. The highest BCUT2D eigenvalue weighted by molar-refractivity contribution is 7.93. The van der Waals surface area contributed by atoms with Crippen molar-refractivity contribution >= 4 is 39.0 Å². The summed E-state index contributed by atoms with van der Waals surface area (Å²) in [6, 6.07) is 13.3. The Balaban J connectivity index is 1.04. The zero-order valence-electron chi connectivity index (χ0n) is 34.9. The van der Waals surface area contributed by atoms with E-state index in [0.717, 1.165) is 68.1 Å². The lowest BCUT2D eigenvalue weighted by atomic mass is 9.68. The molecule has 8 unspecified atom stereocenters. The molecule has 8 atom stereocenters. The number of amides is 2. The van der Waals surface area contributed by atoms with E-state index < -0.39 is 38.7 Å². The number of aliphatic hydroxyl groups is 1. The summed E-state index contributed by atoms with van der Waals surface area (Å²) in [5.74, 6) is -0.484. The Morgan fingerprint density at radius 3 is 2.73 bits per heavy atom. The van der Waals surface area contributed by atoms with Crippen LogP contribution >= 0.6 is 11.6 Å². The number of aliphatic hydroxyl groups excluding tert-OH is 1. The first-order valence-corrected chi connectivity index (χ1v) is 23.7. The van der Waals surface area contributed by atoms with Crippen LogP contribution in [0.2, 0.25) is 5.02 Å². The number of anilines is 1. The zero-order valence-corrected chi connectivity index (χ0v) is 36.5. The summed E-state index contributed by atoms with van der Waals surface area (Å²) in [4.78, 5) is 33.2. The number of benzene rings is 2. The number of nitrogens with zero attached hydrogens (tertiary/aromatic N) is 4. The fourth-order valence-electron chi connectivity index (χ4n) is 10.4. The number of morpholine rings is 1. The molecule has 5 heterocycles. The van der Waals surface area contributed by atoms with Crippen LogP contribution in [0, 0.1) is 17.8 Å². The number of carbonyl (C=O) groups is 2. The first-order valence-electron chi connectivity index (χ1n) is 21.7. The van der Waals surface area contributed by atoms with Crippen molar-refractivity contribution in [2.45, 2.75) is 94.8 Å². The number of aryl methyl sites for hydroxylation is 1. The number of hydrogen-bond acceptors (Lipinski definition) is 9. The molecule has 9 rings (SSSR count). The maximum atomic E-state index is 15.2. The molecule has 2 amide bonds. The molecule has 1 saturated carbocycles. The Labute approximate surface area is 358 Å². The van der Waals surface area contributed by atoms with Crippen LogP contribution in [0.3, 0.4) is 0 Å². The molecule has 1 saturated heterocycles. The summed E-state index contributed by atoms with van der Waals surface area (Å²) in [5.41, 5.74) is 3.94. The van der Waals surface area contributed by atoms with E-state index in [1.54, 1.807) is 25.3 Å². The molecule has 2 fully saturated rings. The van der Waals surface area contributed by atoms with Crippen molar-refractivity contribution in [3.05, 3.63) is 93.8 Å². The number of ether oxygens (including phenoxy) is 3. The number of fused-ring (bicyclic) bond motifs is 5. The molecule has 2 N–H and O–H groups in total. The van der Waals surface area contributed by atoms with Crippen LogP contribution in [0.4, 0.5) is 5.69 Å². The maximum Gasteiger partial charge on any atom is 0.286 e. The summed E-state index contributed by atoms with van der Waals surface area (Å²) in [6.07, 6.45) is 10.3. The first-order chi connectivity index (χ1) is 28.8. The van der Waals surface area contributed by atoms with Gasteiger partial charge in [0.05, 0.1) is 61.2 Å². The van der Waals surface area contributed by atoms with Crippen molar-refractivity contribution in [2.75, 3.05) is 57.4 Å². The molecule has 2 aliphatic carbocycles. The molecule has 2 aromatic carbocycles. The van der Waals surface area contributed by atoms with Gasteiger partial charge >= 0.3 is 0 Å². The highest BCUT2D eigenvalue weighted by Crippen LogP contribution is 2.47. The minimum atomic E-state index is -3.69. The number of halogens is 1. The van der Waals surface area contributed by atoms with E-state index in [1.807, 2.05) is 41.8 Å². The normalized spacial score (nSPS) is 33.9. The van der Waals surface area contributed by atoms with E-state index in [1.165, 1.54) is 11.1 Å². The molecule has 60 heavy (non-hydrogen) atoms. The van der Waals surface area contributed by atoms with Gasteiger partial charge in [-0.15, -0.1) is 4.36 Å². The Kier molecular flexibility index (Phi) is 11.5. The predicted molar refractivity (Wildman–Crippen MR) is 232 cm³/mol. The molecule has 0 radical (unpaired) electrons. The van der Waals surface area contributed by atoms with E-state index in [4.69, 9.17) is 25.8 Å². The molecule has 12 nitrogen and oxygen atoms in total. The summed E-state index contributed by atoms with van der Waals surface area (Å²) in [6.45, 7) is 12.3.